The van der Waals surface area contributed by atoms with Crippen LogP contribution in [0.5, 0.6) is 0 Å². The van der Waals surface area contributed by atoms with Gasteiger partial charge in [0.1, 0.15) is 49.3 Å². The van der Waals surface area contributed by atoms with E-state index >= 15 is 0 Å². The first-order valence-corrected chi connectivity index (χ1v) is 20.0. The van der Waals surface area contributed by atoms with Crippen LogP contribution in [0.2, 0.25) is 10.0 Å². The van der Waals surface area contributed by atoms with Gasteiger partial charge in [0.15, 0.2) is 0 Å². The molecule has 0 bridgehead atoms. The van der Waals surface area contributed by atoms with Crippen LogP contribution in [0.25, 0.3) is 0 Å². The van der Waals surface area contributed by atoms with Gasteiger partial charge in [-0.3, -0.25) is 20.2 Å². The summed E-state index contributed by atoms with van der Waals surface area (Å²) < 4.78 is 8.68. The van der Waals surface area contributed by atoms with Crippen LogP contribution in [0.3, 0.4) is 0 Å². The number of hydrogen-bond acceptors (Lipinski definition) is 10. The number of nitro benzene ring substituents is 2. The molecule has 0 aliphatic heterocycles. The van der Waals surface area contributed by atoms with Crippen molar-refractivity contribution >= 4 is 68.7 Å². The van der Waals surface area contributed by atoms with Gasteiger partial charge in [0, 0.05) is 62.6 Å². The summed E-state index contributed by atoms with van der Waals surface area (Å²) in [4.78, 5) is 25.2. The van der Waals surface area contributed by atoms with Crippen molar-refractivity contribution in [2.75, 3.05) is 36.0 Å². The van der Waals surface area contributed by atoms with E-state index in [0.717, 1.165) is 50.6 Å². The number of azo groups is 2. The van der Waals surface area contributed by atoms with Gasteiger partial charge >= 0.3 is 19.5 Å². The molecular weight excluding hydrogens is 1010 g/mol. The van der Waals surface area contributed by atoms with E-state index in [2.05, 4.69) is 101 Å². The molecule has 6 aromatic rings. The smallest absolute Gasteiger partial charge is 1.00 e. The summed E-state index contributed by atoms with van der Waals surface area (Å²) in [6.07, 6.45) is 8.30. The Hall–Kier alpha value is -4.74. The van der Waals surface area contributed by atoms with Gasteiger partial charge in [-0.2, -0.15) is 10.2 Å². The number of benzene rings is 4. The SMILES string of the molecule is CCN(CCn1cc[n+](C)c1C)c1ccc(N=Nc2ccc([N+](=O)[O-])cc2Cl)cc1.CCN(CCn1cc[n+](C)c1C)c1ccc(N=Nc2ccc([N+](=O)[O-])cc2Cl)cc1.[Cl-].[Cl-].[Cl-].[Cl-].[Zn+2]. The predicted molar refractivity (Wildman–Crippen MR) is 234 cm³/mol. The van der Waals surface area contributed by atoms with Crippen molar-refractivity contribution < 1.29 is 88.1 Å². The molecule has 4 aromatic carbocycles. The summed E-state index contributed by atoms with van der Waals surface area (Å²) in [5.41, 5.74) is 4.19. The van der Waals surface area contributed by atoms with Gasteiger partial charge in [0.2, 0.25) is 0 Å². The van der Waals surface area contributed by atoms with Crippen LogP contribution in [-0.2, 0) is 46.7 Å². The number of aryl methyl sites for hydroxylation is 2. The number of halogens is 6. The zero-order valence-corrected chi connectivity index (χ0v) is 44.1. The first-order valence-electron chi connectivity index (χ1n) is 19.2. The topological polar surface area (TPSA) is 160 Å². The predicted octanol–water partition coefficient (Wildman–Crippen LogP) is -1.74. The number of likely N-dealkylation sites (N-methyl/N-ethyl adjacent to an activating group) is 2. The fourth-order valence-electron chi connectivity index (χ4n) is 6.13. The standard InChI is InChI=1S/2C21H24ClN6O2.4ClH.Zn/c2*1-4-26(13-14-27-12-11-25(3)16(27)2)18-7-5-17(6-8-18)23-24-21-10-9-19(28(29)30)15-20(21)22;;;;;/h2*5-12,15H,4,13-14H2,1-3H3;4*1H;/q2*+1;;;;;+2/p-4. The minimum absolute atomic E-state index is 0. The fraction of sp³-hybridized carbons (Fsp3) is 0.286. The summed E-state index contributed by atoms with van der Waals surface area (Å²) in [6.45, 7) is 13.9. The third kappa shape index (κ3) is 16.9. The van der Waals surface area contributed by atoms with E-state index in [1.807, 2.05) is 62.6 Å². The second kappa shape index (κ2) is 29.0. The summed E-state index contributed by atoms with van der Waals surface area (Å²) in [7, 11) is 4.08. The van der Waals surface area contributed by atoms with Gasteiger partial charge in [-0.15, -0.1) is 10.2 Å². The first-order chi connectivity index (χ1) is 28.8. The maximum atomic E-state index is 10.8. The molecule has 65 heavy (non-hydrogen) atoms. The second-order valence-corrected chi connectivity index (χ2v) is 14.5. The minimum Gasteiger partial charge on any atom is -1.00 e. The molecule has 0 amide bonds. The van der Waals surface area contributed by atoms with E-state index in [1.165, 1.54) is 48.0 Å². The number of rotatable bonds is 16. The largest absolute Gasteiger partial charge is 2.00 e. The van der Waals surface area contributed by atoms with Crippen molar-refractivity contribution in [1.29, 1.82) is 0 Å². The van der Waals surface area contributed by atoms with Crippen LogP contribution in [0.15, 0.2) is 130 Å². The molecule has 0 saturated heterocycles. The van der Waals surface area contributed by atoms with Crippen LogP contribution in [0.4, 0.5) is 45.5 Å². The van der Waals surface area contributed by atoms with E-state index in [0.29, 0.717) is 22.7 Å². The Morgan fingerprint density at radius 2 is 0.923 bits per heavy atom. The Balaban J connectivity index is 0.00000117. The average molecular weight is 1060 g/mol. The molecule has 0 spiro atoms. The van der Waals surface area contributed by atoms with E-state index in [9.17, 15) is 20.2 Å². The molecule has 344 valence electrons. The van der Waals surface area contributed by atoms with Crippen LogP contribution in [0.1, 0.15) is 25.5 Å². The summed E-state index contributed by atoms with van der Waals surface area (Å²) >= 11 is 12.1. The molecule has 0 unspecified atom stereocenters. The third-order valence-corrected chi connectivity index (χ3v) is 10.6. The maximum Gasteiger partial charge on any atom is 2.00 e. The molecule has 0 N–H and O–H groups in total. The number of anilines is 2. The molecule has 0 aliphatic carbocycles. The van der Waals surface area contributed by atoms with E-state index < -0.39 is 9.85 Å². The van der Waals surface area contributed by atoms with Gasteiger partial charge in [0.25, 0.3) is 23.0 Å². The number of hydrogen-bond donors (Lipinski definition) is 0. The molecule has 6 rings (SSSR count). The zero-order chi connectivity index (χ0) is 43.3. The molecule has 23 heteroatoms. The Morgan fingerprint density at radius 3 is 1.18 bits per heavy atom. The normalized spacial score (nSPS) is 10.3. The third-order valence-electron chi connectivity index (χ3n) is 10.0. The van der Waals surface area contributed by atoms with Crippen LogP contribution < -0.4 is 68.6 Å². The Bertz CT molecular complexity index is 2320. The summed E-state index contributed by atoms with van der Waals surface area (Å²) in [5.74, 6) is 2.43. The molecule has 2 heterocycles. The van der Waals surface area contributed by atoms with Crippen LogP contribution in [0, 0.1) is 34.1 Å². The van der Waals surface area contributed by atoms with E-state index in [4.69, 9.17) is 23.2 Å². The van der Waals surface area contributed by atoms with Crippen molar-refractivity contribution in [3.05, 3.63) is 152 Å². The maximum absolute atomic E-state index is 10.8. The monoisotopic (exact) mass is 1060 g/mol. The van der Waals surface area contributed by atoms with Gasteiger partial charge in [-0.25, -0.2) is 18.3 Å². The quantitative estimate of drug-likeness (QED) is 0.0369. The van der Waals surface area contributed by atoms with Gasteiger partial charge in [-0.1, -0.05) is 23.2 Å². The molecule has 0 aliphatic rings. The Labute approximate surface area is 426 Å². The molecule has 2 aromatic heterocycles. The van der Waals surface area contributed by atoms with E-state index in [-0.39, 0.29) is 90.5 Å². The van der Waals surface area contributed by atoms with Gasteiger partial charge in [-0.05, 0) is 74.5 Å². The second-order valence-electron chi connectivity index (χ2n) is 13.7. The fourth-order valence-corrected chi connectivity index (χ4v) is 6.56. The van der Waals surface area contributed by atoms with Crippen molar-refractivity contribution in [3.8, 4) is 0 Å². The number of imidazole rings is 2. The zero-order valence-electron chi connectivity index (χ0n) is 36.6. The number of nitro groups is 2. The van der Waals surface area contributed by atoms with Crippen molar-refractivity contribution in [2.24, 2.45) is 34.6 Å². The molecule has 0 radical (unpaired) electrons. The van der Waals surface area contributed by atoms with Crippen molar-refractivity contribution in [3.63, 3.8) is 0 Å². The molecule has 0 atom stereocenters. The molecule has 0 fully saturated rings. The van der Waals surface area contributed by atoms with Crippen molar-refractivity contribution in [1.82, 2.24) is 9.13 Å². The molecule has 0 saturated carbocycles. The molecular formula is C42H48Cl6N12O4Zn. The average Bonchev–Trinajstić information content (AvgIpc) is 3.75. The Morgan fingerprint density at radius 1 is 0.585 bits per heavy atom. The minimum atomic E-state index is -0.497. The summed E-state index contributed by atoms with van der Waals surface area (Å²) in [5, 5.41) is 38.6. The number of nitrogens with zero attached hydrogens (tertiary/aromatic N) is 12. The number of non-ortho nitro benzene ring substituents is 2. The van der Waals surface area contributed by atoms with Crippen LogP contribution in [-0.4, -0.2) is 45.2 Å². The number of aromatic nitrogens is 4. The Kier molecular flexibility index (Phi) is 26.9. The van der Waals surface area contributed by atoms with Crippen LogP contribution >= 0.6 is 23.2 Å². The van der Waals surface area contributed by atoms with Gasteiger partial charge in [0.05, 0.1) is 58.5 Å². The first kappa shape index (κ1) is 60.3. The molecule has 16 nitrogen and oxygen atoms in total. The summed E-state index contributed by atoms with van der Waals surface area (Å²) in [6, 6.07) is 23.8. The van der Waals surface area contributed by atoms with Crippen molar-refractivity contribution in [2.45, 2.75) is 40.8 Å². The van der Waals surface area contributed by atoms with E-state index in [1.54, 1.807) is 0 Å². The van der Waals surface area contributed by atoms with Gasteiger partial charge < -0.3 is 59.4 Å².